The number of nitriles is 1. The maximum Gasteiger partial charge on any atom is 0.254 e. The van der Waals surface area contributed by atoms with Crippen LogP contribution in [0.5, 0.6) is 0 Å². The molecule has 0 atom stereocenters. The molecule has 1 fully saturated rings. The lowest BCUT2D eigenvalue weighted by Crippen LogP contribution is -2.48. The van der Waals surface area contributed by atoms with E-state index >= 15 is 0 Å². The second kappa shape index (κ2) is 7.03. The molecular formula is C21H19N3O2. The summed E-state index contributed by atoms with van der Waals surface area (Å²) in [6.45, 7) is 3.62. The van der Waals surface area contributed by atoms with Gasteiger partial charge in [-0.25, -0.2) is 0 Å². The van der Waals surface area contributed by atoms with Gasteiger partial charge >= 0.3 is 0 Å². The Balaban J connectivity index is 1.42. The van der Waals surface area contributed by atoms with Crippen molar-refractivity contribution in [2.45, 2.75) is 6.54 Å². The molecule has 4 rings (SSSR count). The van der Waals surface area contributed by atoms with Gasteiger partial charge in [-0.15, -0.1) is 0 Å². The summed E-state index contributed by atoms with van der Waals surface area (Å²) in [6, 6.07) is 19.4. The Morgan fingerprint density at radius 3 is 2.54 bits per heavy atom. The van der Waals surface area contributed by atoms with Gasteiger partial charge in [-0.2, -0.15) is 5.26 Å². The lowest BCUT2D eigenvalue weighted by molar-refractivity contribution is 0.0622. The molecule has 0 saturated carbocycles. The van der Waals surface area contributed by atoms with Crippen molar-refractivity contribution in [3.63, 3.8) is 0 Å². The largest absolute Gasteiger partial charge is 0.449 e. The molecule has 0 N–H and O–H groups in total. The molecule has 0 spiro atoms. The Morgan fingerprint density at radius 1 is 1.00 bits per heavy atom. The van der Waals surface area contributed by atoms with Crippen LogP contribution < -0.4 is 0 Å². The third-order valence-corrected chi connectivity index (χ3v) is 4.83. The SMILES string of the molecule is N#Cc1ccc(CN2CCN(C(=O)c3cccc4ccccc34)CC2)o1. The molecule has 1 aromatic heterocycles. The number of fused-ring (bicyclic) bond motifs is 1. The molecule has 5 nitrogen and oxygen atoms in total. The van der Waals surface area contributed by atoms with Crippen LogP contribution in [0.15, 0.2) is 59.0 Å². The Hall–Kier alpha value is -3.10. The average molecular weight is 345 g/mol. The number of furan rings is 1. The van der Waals surface area contributed by atoms with Gasteiger partial charge in [0.1, 0.15) is 11.8 Å². The van der Waals surface area contributed by atoms with Crippen molar-refractivity contribution in [3.05, 3.63) is 71.7 Å². The molecule has 1 aliphatic heterocycles. The van der Waals surface area contributed by atoms with E-state index in [0.717, 1.165) is 35.2 Å². The Bertz CT molecular complexity index is 973. The lowest BCUT2D eigenvalue weighted by atomic mass is 10.0. The first-order valence-corrected chi connectivity index (χ1v) is 8.73. The highest BCUT2D eigenvalue weighted by atomic mass is 16.3. The van der Waals surface area contributed by atoms with Crippen molar-refractivity contribution in [1.82, 2.24) is 9.80 Å². The summed E-state index contributed by atoms with van der Waals surface area (Å²) in [6.07, 6.45) is 0. The summed E-state index contributed by atoms with van der Waals surface area (Å²) in [4.78, 5) is 17.1. The number of carbonyl (C=O) groups is 1. The predicted molar refractivity (Wildman–Crippen MR) is 98.6 cm³/mol. The minimum Gasteiger partial charge on any atom is -0.449 e. The van der Waals surface area contributed by atoms with Crippen LogP contribution in [0.2, 0.25) is 0 Å². The molecular weight excluding hydrogens is 326 g/mol. The maximum atomic E-state index is 13.0. The summed E-state index contributed by atoms with van der Waals surface area (Å²) < 4.78 is 5.44. The molecule has 0 radical (unpaired) electrons. The van der Waals surface area contributed by atoms with E-state index in [2.05, 4.69) is 4.90 Å². The molecule has 0 bridgehead atoms. The molecule has 26 heavy (non-hydrogen) atoms. The molecule has 1 saturated heterocycles. The first-order valence-electron chi connectivity index (χ1n) is 8.73. The van der Waals surface area contributed by atoms with Crippen LogP contribution in [0.3, 0.4) is 0 Å². The van der Waals surface area contributed by atoms with Gasteiger partial charge in [0.25, 0.3) is 5.91 Å². The van der Waals surface area contributed by atoms with Crippen molar-refractivity contribution in [1.29, 1.82) is 5.26 Å². The highest BCUT2D eigenvalue weighted by Gasteiger charge is 2.23. The number of amides is 1. The molecule has 1 aliphatic rings. The summed E-state index contributed by atoms with van der Waals surface area (Å²) in [5.74, 6) is 1.21. The van der Waals surface area contributed by atoms with Crippen LogP contribution in [0.4, 0.5) is 0 Å². The predicted octanol–water partition coefficient (Wildman–Crippen LogP) is 3.26. The third kappa shape index (κ3) is 3.19. The van der Waals surface area contributed by atoms with Gasteiger partial charge in [-0.1, -0.05) is 36.4 Å². The van der Waals surface area contributed by atoms with Crippen molar-refractivity contribution < 1.29 is 9.21 Å². The summed E-state index contributed by atoms with van der Waals surface area (Å²) in [7, 11) is 0. The Labute approximate surface area is 152 Å². The number of nitrogens with zero attached hydrogens (tertiary/aromatic N) is 3. The monoisotopic (exact) mass is 345 g/mol. The van der Waals surface area contributed by atoms with Gasteiger partial charge in [-0.05, 0) is 29.0 Å². The fourth-order valence-electron chi connectivity index (χ4n) is 3.43. The van der Waals surface area contributed by atoms with Crippen LogP contribution in [0.25, 0.3) is 10.8 Å². The number of benzene rings is 2. The van der Waals surface area contributed by atoms with E-state index in [1.165, 1.54) is 0 Å². The van der Waals surface area contributed by atoms with Crippen LogP contribution in [-0.2, 0) is 6.54 Å². The normalized spacial score (nSPS) is 15.1. The van der Waals surface area contributed by atoms with Crippen LogP contribution in [0.1, 0.15) is 21.9 Å². The van der Waals surface area contributed by atoms with Gasteiger partial charge in [0.2, 0.25) is 5.76 Å². The topological polar surface area (TPSA) is 60.5 Å². The Kier molecular flexibility index (Phi) is 4.42. The standard InChI is InChI=1S/C21H19N3O2/c22-14-17-8-9-18(26-17)15-23-10-12-24(13-11-23)21(25)20-7-3-5-16-4-1-2-6-19(16)20/h1-9H,10-13,15H2. The molecule has 130 valence electrons. The zero-order valence-electron chi connectivity index (χ0n) is 14.4. The van der Waals surface area contributed by atoms with Crippen molar-refractivity contribution in [3.8, 4) is 6.07 Å². The van der Waals surface area contributed by atoms with E-state index in [4.69, 9.17) is 9.68 Å². The van der Waals surface area contributed by atoms with E-state index in [9.17, 15) is 4.79 Å². The van der Waals surface area contributed by atoms with Gasteiger partial charge in [0.15, 0.2) is 0 Å². The smallest absolute Gasteiger partial charge is 0.254 e. The quantitative estimate of drug-likeness (QED) is 0.731. The van der Waals surface area contributed by atoms with E-state index < -0.39 is 0 Å². The second-order valence-electron chi connectivity index (χ2n) is 6.47. The van der Waals surface area contributed by atoms with Crippen LogP contribution in [0, 0.1) is 11.3 Å². The van der Waals surface area contributed by atoms with Gasteiger partial charge in [0, 0.05) is 31.7 Å². The second-order valence-corrected chi connectivity index (χ2v) is 6.47. The highest BCUT2D eigenvalue weighted by Crippen LogP contribution is 2.21. The number of hydrogen-bond donors (Lipinski definition) is 0. The van der Waals surface area contributed by atoms with Crippen LogP contribution in [-0.4, -0.2) is 41.9 Å². The van der Waals surface area contributed by atoms with Crippen molar-refractivity contribution in [2.75, 3.05) is 26.2 Å². The van der Waals surface area contributed by atoms with Crippen LogP contribution >= 0.6 is 0 Å². The van der Waals surface area contributed by atoms with Crippen molar-refractivity contribution in [2.24, 2.45) is 0 Å². The van der Waals surface area contributed by atoms with Crippen molar-refractivity contribution >= 4 is 16.7 Å². The minimum atomic E-state index is 0.0891. The van der Waals surface area contributed by atoms with Gasteiger partial charge in [0.05, 0.1) is 6.54 Å². The van der Waals surface area contributed by atoms with Gasteiger partial charge < -0.3 is 9.32 Å². The fourth-order valence-corrected chi connectivity index (χ4v) is 3.43. The first-order chi connectivity index (χ1) is 12.7. The number of piperazine rings is 1. The summed E-state index contributed by atoms with van der Waals surface area (Å²) in [5.41, 5.74) is 0.765. The number of rotatable bonds is 3. The molecule has 5 heteroatoms. The van der Waals surface area contributed by atoms with E-state index in [0.29, 0.717) is 25.4 Å². The zero-order chi connectivity index (χ0) is 17.9. The fraction of sp³-hybridized carbons (Fsp3) is 0.238. The van der Waals surface area contributed by atoms with Gasteiger partial charge in [-0.3, -0.25) is 9.69 Å². The minimum absolute atomic E-state index is 0.0891. The molecule has 0 unspecified atom stereocenters. The number of carbonyl (C=O) groups excluding carboxylic acids is 1. The molecule has 2 heterocycles. The first kappa shape index (κ1) is 16.4. The third-order valence-electron chi connectivity index (χ3n) is 4.83. The van der Waals surface area contributed by atoms with E-state index in [1.807, 2.05) is 59.5 Å². The average Bonchev–Trinajstić information content (AvgIpc) is 3.15. The maximum absolute atomic E-state index is 13.0. The Morgan fingerprint density at radius 2 is 1.77 bits per heavy atom. The van der Waals surface area contributed by atoms with E-state index in [-0.39, 0.29) is 5.91 Å². The summed E-state index contributed by atoms with van der Waals surface area (Å²) in [5, 5.41) is 10.9. The number of hydrogen-bond acceptors (Lipinski definition) is 4. The van der Waals surface area contributed by atoms with E-state index in [1.54, 1.807) is 6.07 Å². The summed E-state index contributed by atoms with van der Waals surface area (Å²) >= 11 is 0. The molecule has 2 aromatic carbocycles. The molecule has 0 aliphatic carbocycles. The highest BCUT2D eigenvalue weighted by molar-refractivity contribution is 6.07. The lowest BCUT2D eigenvalue weighted by Gasteiger charge is -2.34. The molecule has 3 aromatic rings. The molecule has 1 amide bonds. The zero-order valence-corrected chi connectivity index (χ0v) is 14.4.